The summed E-state index contributed by atoms with van der Waals surface area (Å²) in [6.45, 7) is 8.37. The van der Waals surface area contributed by atoms with Crippen molar-refractivity contribution in [3.05, 3.63) is 59.4 Å². The fourth-order valence-electron chi connectivity index (χ4n) is 2.22. The quantitative estimate of drug-likeness (QED) is 0.901. The summed E-state index contributed by atoms with van der Waals surface area (Å²) in [6, 6.07) is 10.2. The molecule has 0 saturated heterocycles. The van der Waals surface area contributed by atoms with E-state index in [4.69, 9.17) is 10.5 Å². The number of aromatic nitrogens is 1. The summed E-state index contributed by atoms with van der Waals surface area (Å²) in [5, 5.41) is 0. The Kier molecular flexibility index (Phi) is 4.97. The van der Waals surface area contributed by atoms with Gasteiger partial charge in [0.15, 0.2) is 0 Å². The van der Waals surface area contributed by atoms with Gasteiger partial charge in [-0.05, 0) is 42.5 Å². The average molecular weight is 284 g/mol. The van der Waals surface area contributed by atoms with Crippen molar-refractivity contribution < 1.29 is 4.74 Å². The van der Waals surface area contributed by atoms with Crippen LogP contribution in [0.15, 0.2) is 42.7 Å². The molecule has 0 aliphatic heterocycles. The molecule has 112 valence electrons. The SMILES string of the molecule is CC(C)Oc1cncc(C(N)c2ccc(C(C)C)cc2)c1. The second-order valence-corrected chi connectivity index (χ2v) is 5.92. The molecule has 0 saturated carbocycles. The van der Waals surface area contributed by atoms with E-state index in [-0.39, 0.29) is 12.1 Å². The minimum absolute atomic E-state index is 0.128. The molecule has 1 aromatic heterocycles. The van der Waals surface area contributed by atoms with Crippen LogP contribution in [0.3, 0.4) is 0 Å². The van der Waals surface area contributed by atoms with Crippen LogP contribution in [0, 0.1) is 0 Å². The molecule has 0 radical (unpaired) electrons. The van der Waals surface area contributed by atoms with Gasteiger partial charge in [-0.15, -0.1) is 0 Å². The van der Waals surface area contributed by atoms with Crippen LogP contribution in [0.2, 0.25) is 0 Å². The van der Waals surface area contributed by atoms with Crippen LogP contribution in [-0.4, -0.2) is 11.1 Å². The Bertz CT molecular complexity index is 576. The summed E-state index contributed by atoms with van der Waals surface area (Å²) < 4.78 is 5.67. The van der Waals surface area contributed by atoms with E-state index in [1.54, 1.807) is 12.4 Å². The van der Waals surface area contributed by atoms with Crippen LogP contribution in [0.25, 0.3) is 0 Å². The largest absolute Gasteiger partial charge is 0.489 e. The molecule has 0 aliphatic carbocycles. The van der Waals surface area contributed by atoms with Gasteiger partial charge in [0, 0.05) is 6.20 Å². The number of rotatable bonds is 5. The molecule has 0 bridgehead atoms. The first-order chi connectivity index (χ1) is 9.97. The zero-order chi connectivity index (χ0) is 15.4. The first kappa shape index (κ1) is 15.5. The maximum Gasteiger partial charge on any atom is 0.138 e. The molecule has 1 aromatic carbocycles. The molecule has 3 nitrogen and oxygen atoms in total. The Balaban J connectivity index is 2.20. The Labute approximate surface area is 127 Å². The fraction of sp³-hybridized carbons (Fsp3) is 0.389. The summed E-state index contributed by atoms with van der Waals surface area (Å²) in [5.41, 5.74) is 9.72. The highest BCUT2D eigenvalue weighted by Gasteiger charge is 2.11. The summed E-state index contributed by atoms with van der Waals surface area (Å²) in [4.78, 5) is 4.23. The van der Waals surface area contributed by atoms with E-state index in [0.29, 0.717) is 5.92 Å². The van der Waals surface area contributed by atoms with Crippen LogP contribution in [0.4, 0.5) is 0 Å². The molecule has 1 atom stereocenters. The number of nitrogens with zero attached hydrogens (tertiary/aromatic N) is 1. The van der Waals surface area contributed by atoms with Crippen molar-refractivity contribution >= 4 is 0 Å². The van der Waals surface area contributed by atoms with Crippen molar-refractivity contribution in [1.82, 2.24) is 4.98 Å². The van der Waals surface area contributed by atoms with Gasteiger partial charge < -0.3 is 10.5 Å². The molecule has 0 aliphatic rings. The van der Waals surface area contributed by atoms with E-state index >= 15 is 0 Å². The van der Waals surface area contributed by atoms with E-state index in [0.717, 1.165) is 16.9 Å². The first-order valence-corrected chi connectivity index (χ1v) is 7.44. The Morgan fingerprint density at radius 3 is 2.10 bits per heavy atom. The fourth-order valence-corrected chi connectivity index (χ4v) is 2.22. The lowest BCUT2D eigenvalue weighted by Gasteiger charge is -2.16. The maximum absolute atomic E-state index is 6.35. The second-order valence-electron chi connectivity index (χ2n) is 5.92. The van der Waals surface area contributed by atoms with Gasteiger partial charge in [0.05, 0.1) is 18.3 Å². The minimum atomic E-state index is -0.186. The number of hydrogen-bond acceptors (Lipinski definition) is 3. The maximum atomic E-state index is 6.35. The third-order valence-corrected chi connectivity index (χ3v) is 3.43. The van der Waals surface area contributed by atoms with Gasteiger partial charge in [-0.3, -0.25) is 4.98 Å². The Hall–Kier alpha value is -1.87. The molecular weight excluding hydrogens is 260 g/mol. The van der Waals surface area contributed by atoms with E-state index in [9.17, 15) is 0 Å². The summed E-state index contributed by atoms with van der Waals surface area (Å²) in [6.07, 6.45) is 3.65. The van der Waals surface area contributed by atoms with Gasteiger partial charge in [0.25, 0.3) is 0 Å². The van der Waals surface area contributed by atoms with Crippen LogP contribution >= 0.6 is 0 Å². The average Bonchev–Trinajstić information content (AvgIpc) is 2.46. The molecule has 2 N–H and O–H groups in total. The highest BCUT2D eigenvalue weighted by molar-refractivity contribution is 5.35. The summed E-state index contributed by atoms with van der Waals surface area (Å²) in [5.74, 6) is 1.29. The van der Waals surface area contributed by atoms with Gasteiger partial charge in [-0.1, -0.05) is 38.1 Å². The van der Waals surface area contributed by atoms with Crippen LogP contribution in [-0.2, 0) is 0 Å². The highest BCUT2D eigenvalue weighted by atomic mass is 16.5. The summed E-state index contributed by atoms with van der Waals surface area (Å²) in [7, 11) is 0. The van der Waals surface area contributed by atoms with Gasteiger partial charge in [0.2, 0.25) is 0 Å². The topological polar surface area (TPSA) is 48.1 Å². The van der Waals surface area contributed by atoms with Crippen molar-refractivity contribution in [3.63, 3.8) is 0 Å². The normalized spacial score (nSPS) is 12.7. The van der Waals surface area contributed by atoms with Crippen molar-refractivity contribution in [3.8, 4) is 5.75 Å². The lowest BCUT2D eigenvalue weighted by Crippen LogP contribution is -2.13. The van der Waals surface area contributed by atoms with Crippen molar-refractivity contribution in [2.45, 2.75) is 45.8 Å². The molecule has 3 heteroatoms. The van der Waals surface area contributed by atoms with Gasteiger partial charge in [-0.2, -0.15) is 0 Å². The third-order valence-electron chi connectivity index (χ3n) is 3.43. The molecule has 1 heterocycles. The monoisotopic (exact) mass is 284 g/mol. The Morgan fingerprint density at radius 1 is 0.905 bits per heavy atom. The van der Waals surface area contributed by atoms with Crippen molar-refractivity contribution in [1.29, 1.82) is 0 Å². The zero-order valence-corrected chi connectivity index (χ0v) is 13.2. The number of nitrogens with two attached hydrogens (primary N) is 1. The number of ether oxygens (including phenoxy) is 1. The van der Waals surface area contributed by atoms with Gasteiger partial charge in [-0.25, -0.2) is 0 Å². The van der Waals surface area contributed by atoms with Crippen LogP contribution in [0.1, 0.15) is 56.3 Å². The smallest absolute Gasteiger partial charge is 0.138 e. The molecule has 2 rings (SSSR count). The molecule has 21 heavy (non-hydrogen) atoms. The molecule has 1 unspecified atom stereocenters. The third kappa shape index (κ3) is 4.05. The van der Waals surface area contributed by atoms with Crippen LogP contribution in [0.5, 0.6) is 5.75 Å². The second kappa shape index (κ2) is 6.72. The van der Waals surface area contributed by atoms with Crippen molar-refractivity contribution in [2.75, 3.05) is 0 Å². The van der Waals surface area contributed by atoms with Crippen molar-refractivity contribution in [2.24, 2.45) is 5.73 Å². The number of benzene rings is 1. The van der Waals surface area contributed by atoms with E-state index in [1.165, 1.54) is 5.56 Å². The molecule has 0 spiro atoms. The summed E-state index contributed by atoms with van der Waals surface area (Å²) >= 11 is 0. The number of hydrogen-bond donors (Lipinski definition) is 1. The van der Waals surface area contributed by atoms with E-state index < -0.39 is 0 Å². The molecular formula is C18H24N2O. The lowest BCUT2D eigenvalue weighted by molar-refractivity contribution is 0.241. The predicted molar refractivity (Wildman–Crippen MR) is 86.6 cm³/mol. The minimum Gasteiger partial charge on any atom is -0.489 e. The number of pyridine rings is 1. The van der Waals surface area contributed by atoms with Gasteiger partial charge in [0.1, 0.15) is 5.75 Å². The molecule has 2 aromatic rings. The van der Waals surface area contributed by atoms with E-state index in [1.807, 2.05) is 19.9 Å². The molecule has 0 fully saturated rings. The van der Waals surface area contributed by atoms with Gasteiger partial charge >= 0.3 is 0 Å². The zero-order valence-electron chi connectivity index (χ0n) is 13.2. The first-order valence-electron chi connectivity index (χ1n) is 7.44. The Morgan fingerprint density at radius 2 is 1.52 bits per heavy atom. The lowest BCUT2D eigenvalue weighted by atomic mass is 9.96. The highest BCUT2D eigenvalue weighted by Crippen LogP contribution is 2.24. The molecule has 0 amide bonds. The van der Waals surface area contributed by atoms with E-state index in [2.05, 4.69) is 43.1 Å². The van der Waals surface area contributed by atoms with Crippen LogP contribution < -0.4 is 10.5 Å². The standard InChI is InChI=1S/C18H24N2O/c1-12(2)14-5-7-15(8-6-14)18(19)16-9-17(11-20-10-16)21-13(3)4/h5-13,18H,19H2,1-4H3. The predicted octanol–water partition coefficient (Wildman–Crippen LogP) is 4.04.